The van der Waals surface area contributed by atoms with Gasteiger partial charge in [0.1, 0.15) is 5.75 Å². The maximum atomic E-state index is 12.0. The SMILES string of the molecule is COc1ccc(S(=O)(=O)NCC(C)ON)cc1C. The largest absolute Gasteiger partial charge is 0.496 e. The summed E-state index contributed by atoms with van der Waals surface area (Å²) in [5, 5.41) is 0. The Kier molecular flexibility index (Phi) is 5.09. The number of sulfonamides is 1. The Morgan fingerprint density at radius 2 is 2.11 bits per heavy atom. The lowest BCUT2D eigenvalue weighted by molar-refractivity contribution is 0.0702. The summed E-state index contributed by atoms with van der Waals surface area (Å²) in [7, 11) is -2.02. The monoisotopic (exact) mass is 274 g/mol. The molecule has 0 bridgehead atoms. The van der Waals surface area contributed by atoms with E-state index in [0.29, 0.717) is 5.75 Å². The van der Waals surface area contributed by atoms with Gasteiger partial charge in [-0.15, -0.1) is 0 Å². The van der Waals surface area contributed by atoms with Crippen molar-refractivity contribution in [2.45, 2.75) is 24.8 Å². The van der Waals surface area contributed by atoms with Gasteiger partial charge in [-0.1, -0.05) is 0 Å². The molecule has 0 amide bonds. The van der Waals surface area contributed by atoms with Gasteiger partial charge in [0.05, 0.1) is 18.1 Å². The molecule has 102 valence electrons. The molecule has 0 radical (unpaired) electrons. The van der Waals surface area contributed by atoms with Crippen molar-refractivity contribution in [1.82, 2.24) is 4.72 Å². The molecule has 0 aliphatic carbocycles. The lowest BCUT2D eigenvalue weighted by Crippen LogP contribution is -2.33. The Labute approximate surface area is 107 Å². The van der Waals surface area contributed by atoms with Crippen LogP contribution in [0.4, 0.5) is 0 Å². The van der Waals surface area contributed by atoms with E-state index in [1.54, 1.807) is 26.0 Å². The lowest BCUT2D eigenvalue weighted by Gasteiger charge is -2.12. The van der Waals surface area contributed by atoms with E-state index in [2.05, 4.69) is 9.56 Å². The van der Waals surface area contributed by atoms with Crippen molar-refractivity contribution >= 4 is 10.0 Å². The Balaban J connectivity index is 2.88. The van der Waals surface area contributed by atoms with E-state index >= 15 is 0 Å². The molecule has 0 aromatic heterocycles. The third kappa shape index (κ3) is 3.67. The molecule has 0 spiro atoms. The fourth-order valence-electron chi connectivity index (χ4n) is 1.38. The predicted octanol–water partition coefficient (Wildman–Crippen LogP) is 0.561. The summed E-state index contributed by atoms with van der Waals surface area (Å²) in [6, 6.07) is 4.66. The summed E-state index contributed by atoms with van der Waals surface area (Å²) in [6.45, 7) is 3.56. The third-order valence-electron chi connectivity index (χ3n) is 2.47. The second-order valence-corrected chi connectivity index (χ2v) is 5.70. The molecule has 3 N–H and O–H groups in total. The van der Waals surface area contributed by atoms with Crippen LogP contribution in [0.15, 0.2) is 23.1 Å². The van der Waals surface area contributed by atoms with Crippen LogP contribution in [0.2, 0.25) is 0 Å². The normalized spacial score (nSPS) is 13.3. The molecule has 1 aromatic carbocycles. The Morgan fingerprint density at radius 3 is 2.61 bits per heavy atom. The minimum atomic E-state index is -3.55. The number of nitrogens with two attached hydrogens (primary N) is 1. The second-order valence-electron chi connectivity index (χ2n) is 3.93. The number of aryl methyl sites for hydroxylation is 1. The summed E-state index contributed by atoms with van der Waals surface area (Å²) in [4.78, 5) is 4.68. The topological polar surface area (TPSA) is 90.7 Å². The van der Waals surface area contributed by atoms with E-state index < -0.39 is 10.0 Å². The zero-order valence-corrected chi connectivity index (χ0v) is 11.5. The van der Waals surface area contributed by atoms with E-state index in [-0.39, 0.29) is 17.5 Å². The van der Waals surface area contributed by atoms with Crippen LogP contribution in [0.1, 0.15) is 12.5 Å². The van der Waals surface area contributed by atoms with Crippen molar-refractivity contribution in [3.8, 4) is 5.75 Å². The Bertz CT molecular complexity index is 502. The van der Waals surface area contributed by atoms with Gasteiger partial charge in [-0.2, -0.15) is 0 Å². The number of methoxy groups -OCH3 is 1. The first-order chi connectivity index (χ1) is 8.40. The molecule has 0 saturated carbocycles. The van der Waals surface area contributed by atoms with Crippen molar-refractivity contribution in [1.29, 1.82) is 0 Å². The van der Waals surface area contributed by atoms with E-state index in [4.69, 9.17) is 10.6 Å². The number of hydrogen-bond donors (Lipinski definition) is 2. The maximum Gasteiger partial charge on any atom is 0.240 e. The smallest absolute Gasteiger partial charge is 0.240 e. The number of ether oxygens (including phenoxy) is 1. The maximum absolute atomic E-state index is 12.0. The Hall–Kier alpha value is -1.15. The van der Waals surface area contributed by atoms with Crippen molar-refractivity contribution in [3.05, 3.63) is 23.8 Å². The van der Waals surface area contributed by atoms with Crippen molar-refractivity contribution in [2.24, 2.45) is 5.90 Å². The molecule has 1 unspecified atom stereocenters. The molecule has 0 aliphatic rings. The van der Waals surface area contributed by atoms with Crippen LogP contribution in [-0.4, -0.2) is 28.2 Å². The van der Waals surface area contributed by atoms with Gasteiger partial charge < -0.3 is 9.57 Å². The first-order valence-electron chi connectivity index (χ1n) is 5.40. The highest BCUT2D eigenvalue weighted by atomic mass is 32.2. The zero-order chi connectivity index (χ0) is 13.8. The molecule has 0 aliphatic heterocycles. The van der Waals surface area contributed by atoms with Gasteiger partial charge in [0.15, 0.2) is 0 Å². The zero-order valence-electron chi connectivity index (χ0n) is 10.6. The van der Waals surface area contributed by atoms with E-state index in [1.807, 2.05) is 0 Å². The van der Waals surface area contributed by atoms with Crippen molar-refractivity contribution < 1.29 is 18.0 Å². The summed E-state index contributed by atoms with van der Waals surface area (Å²) in [5.41, 5.74) is 0.753. The highest BCUT2D eigenvalue weighted by Gasteiger charge is 2.16. The van der Waals surface area contributed by atoms with Crippen LogP contribution >= 0.6 is 0 Å². The van der Waals surface area contributed by atoms with Crippen LogP contribution in [0.25, 0.3) is 0 Å². The highest BCUT2D eigenvalue weighted by Crippen LogP contribution is 2.21. The molecule has 0 saturated heterocycles. The van der Waals surface area contributed by atoms with Gasteiger partial charge in [-0.25, -0.2) is 19.0 Å². The van der Waals surface area contributed by atoms with Crippen LogP contribution in [0.3, 0.4) is 0 Å². The second kappa shape index (κ2) is 6.14. The summed E-state index contributed by atoms with van der Waals surface area (Å²) >= 11 is 0. The molecule has 0 heterocycles. The number of hydrogen-bond acceptors (Lipinski definition) is 5. The first-order valence-corrected chi connectivity index (χ1v) is 6.89. The average Bonchev–Trinajstić information content (AvgIpc) is 2.35. The minimum absolute atomic E-state index is 0.115. The van der Waals surface area contributed by atoms with E-state index in [9.17, 15) is 8.42 Å². The molecule has 6 nitrogen and oxygen atoms in total. The van der Waals surface area contributed by atoms with Crippen LogP contribution < -0.4 is 15.4 Å². The van der Waals surface area contributed by atoms with Crippen molar-refractivity contribution in [2.75, 3.05) is 13.7 Å². The van der Waals surface area contributed by atoms with Gasteiger partial charge in [-0.3, -0.25) is 0 Å². The molecular weight excluding hydrogens is 256 g/mol. The number of rotatable bonds is 6. The number of nitrogens with one attached hydrogen (secondary N) is 1. The minimum Gasteiger partial charge on any atom is -0.496 e. The molecule has 1 aromatic rings. The van der Waals surface area contributed by atoms with E-state index in [0.717, 1.165) is 5.56 Å². The lowest BCUT2D eigenvalue weighted by atomic mass is 10.2. The first kappa shape index (κ1) is 14.9. The van der Waals surface area contributed by atoms with Gasteiger partial charge in [-0.05, 0) is 37.6 Å². The molecule has 0 fully saturated rings. The standard InChI is InChI=1S/C11H18N2O4S/c1-8-6-10(4-5-11(8)16-3)18(14,15)13-7-9(2)17-12/h4-6,9,13H,7,12H2,1-3H3. The van der Waals surface area contributed by atoms with Crippen LogP contribution in [-0.2, 0) is 14.9 Å². The average molecular weight is 274 g/mol. The van der Waals surface area contributed by atoms with Gasteiger partial charge in [0.25, 0.3) is 0 Å². The molecule has 1 atom stereocenters. The van der Waals surface area contributed by atoms with E-state index in [1.165, 1.54) is 13.2 Å². The number of benzene rings is 1. The molecule has 18 heavy (non-hydrogen) atoms. The van der Waals surface area contributed by atoms with Gasteiger partial charge in [0, 0.05) is 6.54 Å². The molecule has 7 heteroatoms. The summed E-state index contributed by atoms with van der Waals surface area (Å²) < 4.78 is 31.4. The predicted molar refractivity (Wildman–Crippen MR) is 67.7 cm³/mol. The van der Waals surface area contributed by atoms with Crippen LogP contribution in [0.5, 0.6) is 5.75 Å². The molecular formula is C11H18N2O4S. The molecule has 1 rings (SSSR count). The van der Waals surface area contributed by atoms with Gasteiger partial charge >= 0.3 is 0 Å². The van der Waals surface area contributed by atoms with Gasteiger partial charge in [0.2, 0.25) is 10.0 Å². The highest BCUT2D eigenvalue weighted by molar-refractivity contribution is 7.89. The quantitative estimate of drug-likeness (QED) is 0.740. The third-order valence-corrected chi connectivity index (χ3v) is 3.89. The van der Waals surface area contributed by atoms with Crippen LogP contribution in [0, 0.1) is 6.92 Å². The summed E-state index contributed by atoms with van der Waals surface area (Å²) in [6.07, 6.45) is -0.390. The Morgan fingerprint density at radius 1 is 1.44 bits per heavy atom. The summed E-state index contributed by atoms with van der Waals surface area (Å²) in [5.74, 6) is 5.60. The fourth-order valence-corrected chi connectivity index (χ4v) is 2.58. The van der Waals surface area contributed by atoms with Crippen molar-refractivity contribution in [3.63, 3.8) is 0 Å². The fraction of sp³-hybridized carbons (Fsp3) is 0.455.